The number of unbranched alkanes of at least 4 members (excludes halogenated alkanes) is 4. The van der Waals surface area contributed by atoms with Crippen molar-refractivity contribution in [2.24, 2.45) is 0 Å². The Morgan fingerprint density at radius 2 is 1.84 bits per heavy atom. The third kappa shape index (κ3) is 3.82. The summed E-state index contributed by atoms with van der Waals surface area (Å²) in [5, 5.41) is 11.1. The first-order chi connectivity index (χ1) is 9.26. The normalized spacial score (nSPS) is 22.8. The Labute approximate surface area is 118 Å². The van der Waals surface area contributed by atoms with Gasteiger partial charge in [0.15, 0.2) is 0 Å². The summed E-state index contributed by atoms with van der Waals surface area (Å²) in [5.41, 5.74) is 2.03. The van der Waals surface area contributed by atoms with E-state index in [1.54, 1.807) is 0 Å². The third-order valence-electron chi connectivity index (χ3n) is 4.50. The maximum Gasteiger partial charge on any atom is 0.0899 e. The molecule has 1 aliphatic rings. The first-order valence-electron chi connectivity index (χ1n) is 8.07. The maximum absolute atomic E-state index is 11.1. The smallest absolute Gasteiger partial charge is 0.0899 e. The summed E-state index contributed by atoms with van der Waals surface area (Å²) in [6.07, 6.45) is 11.7. The summed E-state index contributed by atoms with van der Waals surface area (Å²) >= 11 is 0. The lowest BCUT2D eigenvalue weighted by molar-refractivity contribution is 0.0154. The van der Waals surface area contributed by atoms with Gasteiger partial charge < -0.3 is 5.11 Å². The molecule has 0 spiro atoms. The van der Waals surface area contributed by atoms with Crippen LogP contribution in [-0.4, -0.2) is 5.11 Å². The van der Waals surface area contributed by atoms with Crippen LogP contribution in [0.4, 0.5) is 0 Å². The lowest BCUT2D eigenvalue weighted by atomic mass is 9.83. The van der Waals surface area contributed by atoms with E-state index in [0.717, 1.165) is 32.1 Å². The molecule has 1 aliphatic carbocycles. The van der Waals surface area contributed by atoms with Crippen molar-refractivity contribution in [2.75, 3.05) is 0 Å². The van der Waals surface area contributed by atoms with Crippen molar-refractivity contribution < 1.29 is 5.11 Å². The Balaban J connectivity index is 2.00. The zero-order valence-corrected chi connectivity index (χ0v) is 12.3. The first kappa shape index (κ1) is 14.6. The molecule has 2 rings (SSSR count). The van der Waals surface area contributed by atoms with Crippen molar-refractivity contribution >= 4 is 0 Å². The van der Waals surface area contributed by atoms with Crippen molar-refractivity contribution in [3.05, 3.63) is 35.4 Å². The largest absolute Gasteiger partial charge is 0.385 e. The predicted octanol–water partition coefficient (Wildman–Crippen LogP) is 4.96. The van der Waals surface area contributed by atoms with Gasteiger partial charge in [-0.1, -0.05) is 63.3 Å². The Morgan fingerprint density at radius 1 is 1.05 bits per heavy atom. The van der Waals surface area contributed by atoms with Crippen LogP contribution in [-0.2, 0) is 12.0 Å². The van der Waals surface area contributed by atoms with E-state index in [2.05, 4.69) is 31.2 Å². The minimum absolute atomic E-state index is 0.556. The van der Waals surface area contributed by atoms with Crippen LogP contribution in [0.25, 0.3) is 0 Å². The fraction of sp³-hybridized carbons (Fsp3) is 0.667. The monoisotopic (exact) mass is 260 g/mol. The van der Waals surface area contributed by atoms with E-state index < -0.39 is 5.60 Å². The highest BCUT2D eigenvalue weighted by Crippen LogP contribution is 2.37. The van der Waals surface area contributed by atoms with Gasteiger partial charge in [0.05, 0.1) is 5.60 Å². The highest BCUT2D eigenvalue weighted by molar-refractivity contribution is 5.33. The SMILES string of the molecule is CCCCCCCC1(O)CCCCc2ccccc21. The van der Waals surface area contributed by atoms with Crippen molar-refractivity contribution in [1.29, 1.82) is 0 Å². The Bertz CT molecular complexity index is 385. The summed E-state index contributed by atoms with van der Waals surface area (Å²) in [6, 6.07) is 8.52. The van der Waals surface area contributed by atoms with Crippen molar-refractivity contribution in [3.63, 3.8) is 0 Å². The fourth-order valence-electron chi connectivity index (χ4n) is 3.34. The van der Waals surface area contributed by atoms with E-state index in [1.165, 1.54) is 43.2 Å². The quantitative estimate of drug-likeness (QED) is 0.566. The second-order valence-corrected chi connectivity index (χ2v) is 6.06. The molecule has 1 unspecified atom stereocenters. The molecular weight excluding hydrogens is 232 g/mol. The summed E-state index contributed by atoms with van der Waals surface area (Å²) in [4.78, 5) is 0. The number of aliphatic hydroxyl groups is 1. The van der Waals surface area contributed by atoms with E-state index >= 15 is 0 Å². The Morgan fingerprint density at radius 3 is 2.68 bits per heavy atom. The number of rotatable bonds is 6. The molecule has 0 bridgehead atoms. The van der Waals surface area contributed by atoms with Crippen molar-refractivity contribution in [3.8, 4) is 0 Å². The average Bonchev–Trinajstić information content (AvgIpc) is 2.59. The van der Waals surface area contributed by atoms with E-state index in [0.29, 0.717) is 0 Å². The second-order valence-electron chi connectivity index (χ2n) is 6.06. The Kier molecular flexibility index (Phi) is 5.45. The van der Waals surface area contributed by atoms with Gasteiger partial charge in [-0.2, -0.15) is 0 Å². The molecule has 0 saturated carbocycles. The highest BCUT2D eigenvalue weighted by Gasteiger charge is 2.31. The molecule has 19 heavy (non-hydrogen) atoms. The van der Waals surface area contributed by atoms with E-state index in [1.807, 2.05) is 0 Å². The molecule has 1 aromatic carbocycles. The first-order valence-corrected chi connectivity index (χ1v) is 8.07. The standard InChI is InChI=1S/C18H28O/c1-2-3-4-5-9-14-18(19)15-10-8-12-16-11-6-7-13-17(16)18/h6-7,11,13,19H,2-5,8-10,12,14-15H2,1H3. The summed E-state index contributed by atoms with van der Waals surface area (Å²) in [7, 11) is 0. The van der Waals surface area contributed by atoms with Crippen LogP contribution in [0.5, 0.6) is 0 Å². The molecule has 1 N–H and O–H groups in total. The van der Waals surface area contributed by atoms with Crippen LogP contribution in [0.2, 0.25) is 0 Å². The lowest BCUT2D eigenvalue weighted by Gasteiger charge is -2.29. The van der Waals surface area contributed by atoms with Crippen LogP contribution in [0, 0.1) is 0 Å². The van der Waals surface area contributed by atoms with E-state index in [9.17, 15) is 5.11 Å². The number of aryl methyl sites for hydroxylation is 1. The van der Waals surface area contributed by atoms with Crippen LogP contribution in [0.1, 0.15) is 75.8 Å². The second kappa shape index (κ2) is 7.09. The van der Waals surface area contributed by atoms with Gasteiger partial charge in [0.1, 0.15) is 0 Å². The molecule has 0 amide bonds. The maximum atomic E-state index is 11.1. The summed E-state index contributed by atoms with van der Waals surface area (Å²) in [6.45, 7) is 2.25. The summed E-state index contributed by atoms with van der Waals surface area (Å²) in [5.74, 6) is 0. The molecule has 0 radical (unpaired) electrons. The molecule has 0 aliphatic heterocycles. The summed E-state index contributed by atoms with van der Waals surface area (Å²) < 4.78 is 0. The third-order valence-corrected chi connectivity index (χ3v) is 4.50. The fourth-order valence-corrected chi connectivity index (χ4v) is 3.34. The van der Waals surface area contributed by atoms with Gasteiger partial charge in [0.2, 0.25) is 0 Å². The minimum Gasteiger partial charge on any atom is -0.385 e. The predicted molar refractivity (Wildman–Crippen MR) is 81.3 cm³/mol. The van der Waals surface area contributed by atoms with Crippen LogP contribution < -0.4 is 0 Å². The minimum atomic E-state index is -0.556. The highest BCUT2D eigenvalue weighted by atomic mass is 16.3. The molecule has 0 fully saturated rings. The van der Waals surface area contributed by atoms with Crippen molar-refractivity contribution in [1.82, 2.24) is 0 Å². The van der Waals surface area contributed by atoms with Gasteiger partial charge in [-0.05, 0) is 43.2 Å². The molecule has 1 nitrogen and oxygen atoms in total. The molecule has 1 atom stereocenters. The van der Waals surface area contributed by atoms with Gasteiger partial charge in [0, 0.05) is 0 Å². The zero-order chi connectivity index (χ0) is 13.6. The average molecular weight is 260 g/mol. The lowest BCUT2D eigenvalue weighted by Crippen LogP contribution is -2.25. The molecule has 0 saturated heterocycles. The van der Waals surface area contributed by atoms with E-state index in [-0.39, 0.29) is 0 Å². The topological polar surface area (TPSA) is 20.2 Å². The number of hydrogen-bond donors (Lipinski definition) is 1. The van der Waals surface area contributed by atoms with Gasteiger partial charge in [-0.15, -0.1) is 0 Å². The zero-order valence-electron chi connectivity index (χ0n) is 12.3. The van der Waals surface area contributed by atoms with Crippen LogP contribution in [0.15, 0.2) is 24.3 Å². The molecule has 0 heterocycles. The van der Waals surface area contributed by atoms with Crippen LogP contribution in [0.3, 0.4) is 0 Å². The van der Waals surface area contributed by atoms with E-state index in [4.69, 9.17) is 0 Å². The van der Waals surface area contributed by atoms with Gasteiger partial charge >= 0.3 is 0 Å². The van der Waals surface area contributed by atoms with Gasteiger partial charge in [0.25, 0.3) is 0 Å². The molecule has 106 valence electrons. The molecular formula is C18H28O. The molecule has 1 aromatic rings. The van der Waals surface area contributed by atoms with Crippen molar-refractivity contribution in [2.45, 2.75) is 76.7 Å². The van der Waals surface area contributed by atoms with Gasteiger partial charge in [-0.25, -0.2) is 0 Å². The number of fused-ring (bicyclic) bond motifs is 1. The molecule has 1 heteroatoms. The molecule has 0 aromatic heterocycles. The number of benzene rings is 1. The number of hydrogen-bond acceptors (Lipinski definition) is 1. The van der Waals surface area contributed by atoms with Crippen LogP contribution >= 0.6 is 0 Å². The Hall–Kier alpha value is -0.820. The van der Waals surface area contributed by atoms with Gasteiger partial charge in [-0.3, -0.25) is 0 Å².